The van der Waals surface area contributed by atoms with Crippen LogP contribution in [-0.2, 0) is 25.6 Å². The summed E-state index contributed by atoms with van der Waals surface area (Å²) in [5, 5.41) is 18.4. The molecule has 0 saturated heterocycles. The zero-order valence-electron chi connectivity index (χ0n) is 22.8. The highest BCUT2D eigenvalue weighted by molar-refractivity contribution is 7.80. The lowest BCUT2D eigenvalue weighted by atomic mass is 10.0. The van der Waals surface area contributed by atoms with Gasteiger partial charge in [-0.2, -0.15) is 12.6 Å². The van der Waals surface area contributed by atoms with Crippen molar-refractivity contribution in [2.24, 2.45) is 27.9 Å². The molecule has 2 aromatic rings. The van der Waals surface area contributed by atoms with Crippen molar-refractivity contribution < 1.29 is 24.3 Å². The number of nitrogens with two attached hydrogens (primary N) is 4. The molecule has 0 aliphatic rings. The van der Waals surface area contributed by atoms with Gasteiger partial charge in [0.25, 0.3) is 0 Å². The van der Waals surface area contributed by atoms with Gasteiger partial charge >= 0.3 is 5.97 Å². The van der Waals surface area contributed by atoms with E-state index in [1.807, 2.05) is 24.3 Å². The number of fused-ring (bicyclic) bond motifs is 1. The summed E-state index contributed by atoms with van der Waals surface area (Å²) in [7, 11) is 0. The number of nitrogens with one attached hydrogen (secondary N) is 4. The Kier molecular flexibility index (Phi) is 13.9. The second kappa shape index (κ2) is 17.1. The summed E-state index contributed by atoms with van der Waals surface area (Å²) >= 11 is 4.17. The third-order valence-electron chi connectivity index (χ3n) is 6.41. The molecule has 41 heavy (non-hydrogen) atoms. The average molecular weight is 592 g/mol. The summed E-state index contributed by atoms with van der Waals surface area (Å²) in [5.74, 6) is -3.34. The van der Waals surface area contributed by atoms with E-state index in [1.165, 1.54) is 0 Å². The van der Waals surface area contributed by atoms with Crippen LogP contribution in [0.5, 0.6) is 0 Å². The molecule has 1 aromatic carbocycles. The topological polar surface area (TPSA) is 257 Å². The zero-order valence-corrected chi connectivity index (χ0v) is 23.7. The fourth-order valence-corrected chi connectivity index (χ4v) is 4.41. The molecule has 0 radical (unpaired) electrons. The molecule has 0 aliphatic carbocycles. The normalized spacial score (nSPS) is 13.9. The molecule has 0 saturated carbocycles. The van der Waals surface area contributed by atoms with Gasteiger partial charge in [0, 0.05) is 35.8 Å². The molecule has 226 valence electrons. The lowest BCUT2D eigenvalue weighted by Gasteiger charge is -2.24. The number of carboxylic acid groups (broad SMARTS) is 1. The third-order valence-corrected chi connectivity index (χ3v) is 6.78. The van der Waals surface area contributed by atoms with Crippen LogP contribution in [0.25, 0.3) is 10.9 Å². The van der Waals surface area contributed by atoms with Crippen molar-refractivity contribution in [3.8, 4) is 0 Å². The molecule has 1 aromatic heterocycles. The molecule has 15 heteroatoms. The second-order valence-electron chi connectivity index (χ2n) is 9.61. The summed E-state index contributed by atoms with van der Waals surface area (Å²) in [6, 6.07) is 3.07. The van der Waals surface area contributed by atoms with Gasteiger partial charge < -0.3 is 49.0 Å². The van der Waals surface area contributed by atoms with Gasteiger partial charge in [0.05, 0.1) is 6.04 Å². The minimum absolute atomic E-state index is 0.0110. The fraction of sp³-hybridized carbons (Fsp3) is 0.500. The molecule has 14 nitrogen and oxygen atoms in total. The van der Waals surface area contributed by atoms with Crippen LogP contribution >= 0.6 is 12.6 Å². The highest BCUT2D eigenvalue weighted by Gasteiger charge is 2.30. The molecule has 13 N–H and O–H groups in total. The number of para-hydroxylation sites is 1. The van der Waals surface area contributed by atoms with Gasteiger partial charge in [0.2, 0.25) is 17.7 Å². The van der Waals surface area contributed by atoms with Crippen molar-refractivity contribution in [2.75, 3.05) is 18.8 Å². The first kappa shape index (κ1) is 33.4. The lowest BCUT2D eigenvalue weighted by molar-refractivity contribution is -0.142. The maximum atomic E-state index is 13.3. The molecule has 4 unspecified atom stereocenters. The Morgan fingerprint density at radius 2 is 1.59 bits per heavy atom. The smallest absolute Gasteiger partial charge is 0.326 e. The maximum absolute atomic E-state index is 13.3. The number of H-pyrrole nitrogens is 1. The number of benzene rings is 1. The number of carbonyl (C=O) groups excluding carboxylic acids is 3. The monoisotopic (exact) mass is 591 g/mol. The van der Waals surface area contributed by atoms with E-state index in [9.17, 15) is 24.3 Å². The van der Waals surface area contributed by atoms with Crippen LogP contribution in [0, 0.1) is 0 Å². The number of aliphatic carboxylic acids is 1. The molecule has 0 spiro atoms. The minimum atomic E-state index is -1.27. The number of nitrogens with zero attached hydrogens (tertiary/aromatic N) is 1. The van der Waals surface area contributed by atoms with Gasteiger partial charge in [-0.1, -0.05) is 24.6 Å². The number of unbranched alkanes of at least 4 members (excludes halogenated alkanes) is 1. The van der Waals surface area contributed by atoms with Gasteiger partial charge in [-0.05, 0) is 43.9 Å². The number of amides is 3. The predicted octanol–water partition coefficient (Wildman–Crippen LogP) is -1.31. The minimum Gasteiger partial charge on any atom is -0.480 e. The number of thiol groups is 1. The molecule has 4 atom stereocenters. The number of aliphatic imine (C=N–C) groups is 1. The van der Waals surface area contributed by atoms with E-state index < -0.39 is 47.9 Å². The largest absolute Gasteiger partial charge is 0.480 e. The van der Waals surface area contributed by atoms with Gasteiger partial charge in [0.15, 0.2) is 5.96 Å². The van der Waals surface area contributed by atoms with E-state index in [4.69, 9.17) is 22.9 Å². The number of aromatic amines is 1. The van der Waals surface area contributed by atoms with Crippen LogP contribution in [0.1, 0.15) is 37.7 Å². The molecule has 2 rings (SSSR count). The Morgan fingerprint density at radius 1 is 0.927 bits per heavy atom. The number of guanidine groups is 1. The van der Waals surface area contributed by atoms with Gasteiger partial charge in [-0.15, -0.1) is 0 Å². The van der Waals surface area contributed by atoms with Gasteiger partial charge in [-0.25, -0.2) is 4.79 Å². The summed E-state index contributed by atoms with van der Waals surface area (Å²) < 4.78 is 0. The quantitative estimate of drug-likeness (QED) is 0.0426. The number of hydrogen-bond acceptors (Lipinski definition) is 8. The second-order valence-corrected chi connectivity index (χ2v) is 9.97. The van der Waals surface area contributed by atoms with Crippen LogP contribution in [0.15, 0.2) is 35.5 Å². The number of aromatic nitrogens is 1. The van der Waals surface area contributed by atoms with E-state index >= 15 is 0 Å². The zero-order chi connectivity index (χ0) is 30.4. The summed E-state index contributed by atoms with van der Waals surface area (Å²) in [6.45, 7) is 0.664. The molecular weight excluding hydrogens is 550 g/mol. The van der Waals surface area contributed by atoms with Crippen molar-refractivity contribution >= 4 is 53.2 Å². The lowest BCUT2D eigenvalue weighted by Crippen LogP contribution is -2.57. The Balaban J connectivity index is 2.13. The van der Waals surface area contributed by atoms with E-state index in [0.29, 0.717) is 37.8 Å². The number of rotatable bonds is 18. The Morgan fingerprint density at radius 3 is 2.24 bits per heavy atom. The highest BCUT2D eigenvalue weighted by Crippen LogP contribution is 2.19. The SMILES string of the molecule is NCCCCC(N)C(=O)NC(CS)C(=O)NC(CCCN=C(N)N)C(=O)NC(Cc1c[nH]c2ccccc12)C(=O)O. The standard InChI is InChI=1S/C26H41N9O5S/c27-10-4-3-7-17(28)22(36)35-21(14-41)24(38)33-19(9-5-11-31-26(29)30)23(37)34-20(25(39)40)12-15-13-32-18-8-2-1-6-16(15)18/h1-2,6,8,13,17,19-21,32,41H,3-5,7,9-12,14,27-28H2,(H,33,38)(H,34,37)(H,35,36)(H,39,40)(H4,29,30,31). The molecule has 3 amide bonds. The predicted molar refractivity (Wildman–Crippen MR) is 160 cm³/mol. The number of carboxylic acids is 1. The summed E-state index contributed by atoms with van der Waals surface area (Å²) in [5.41, 5.74) is 23.7. The van der Waals surface area contributed by atoms with E-state index in [1.54, 1.807) is 6.20 Å². The van der Waals surface area contributed by atoms with E-state index in [-0.39, 0.29) is 31.1 Å². The first-order valence-corrected chi connectivity index (χ1v) is 14.0. The number of carbonyl (C=O) groups is 4. The Bertz CT molecular complexity index is 1200. The summed E-state index contributed by atoms with van der Waals surface area (Å²) in [6.07, 6.45) is 3.88. The first-order chi connectivity index (χ1) is 19.6. The molecule has 0 bridgehead atoms. The average Bonchev–Trinajstić information content (AvgIpc) is 3.35. The van der Waals surface area contributed by atoms with Crippen LogP contribution in [0.3, 0.4) is 0 Å². The van der Waals surface area contributed by atoms with Crippen molar-refractivity contribution in [3.63, 3.8) is 0 Å². The van der Waals surface area contributed by atoms with Crippen LogP contribution < -0.4 is 38.9 Å². The third kappa shape index (κ3) is 10.9. The molecule has 1 heterocycles. The van der Waals surface area contributed by atoms with Gasteiger partial charge in [0.1, 0.15) is 18.1 Å². The van der Waals surface area contributed by atoms with E-state index in [0.717, 1.165) is 10.9 Å². The Hall–Kier alpha value is -3.82. The number of hydrogen-bond donors (Lipinski definition) is 10. The van der Waals surface area contributed by atoms with Crippen LogP contribution in [-0.4, -0.2) is 82.8 Å². The van der Waals surface area contributed by atoms with Crippen molar-refractivity contribution in [1.82, 2.24) is 20.9 Å². The highest BCUT2D eigenvalue weighted by atomic mass is 32.1. The Labute approximate surface area is 243 Å². The first-order valence-electron chi connectivity index (χ1n) is 13.4. The van der Waals surface area contributed by atoms with Crippen molar-refractivity contribution in [1.29, 1.82) is 0 Å². The summed E-state index contributed by atoms with van der Waals surface area (Å²) in [4.78, 5) is 57.9. The van der Waals surface area contributed by atoms with Crippen molar-refractivity contribution in [2.45, 2.75) is 62.7 Å². The maximum Gasteiger partial charge on any atom is 0.326 e. The van der Waals surface area contributed by atoms with Crippen molar-refractivity contribution in [3.05, 3.63) is 36.0 Å². The molecule has 0 fully saturated rings. The molecular formula is C26H41N9O5S. The fourth-order valence-electron chi connectivity index (χ4n) is 4.15. The molecule has 0 aliphatic heterocycles. The van der Waals surface area contributed by atoms with Crippen LogP contribution in [0.2, 0.25) is 0 Å². The van der Waals surface area contributed by atoms with Crippen LogP contribution in [0.4, 0.5) is 0 Å². The van der Waals surface area contributed by atoms with E-state index in [2.05, 4.69) is 38.6 Å². The van der Waals surface area contributed by atoms with Gasteiger partial charge in [-0.3, -0.25) is 19.4 Å².